The lowest BCUT2D eigenvalue weighted by Gasteiger charge is -2.02. The van der Waals surface area contributed by atoms with E-state index in [1.54, 1.807) is 18.2 Å². The Bertz CT molecular complexity index is 466. The van der Waals surface area contributed by atoms with Gasteiger partial charge in [0.15, 0.2) is 5.82 Å². The average Bonchev–Trinajstić information content (AvgIpc) is 2.57. The third-order valence-corrected chi connectivity index (χ3v) is 2.47. The summed E-state index contributed by atoms with van der Waals surface area (Å²) >= 11 is 11.8. The Labute approximate surface area is 90.2 Å². The summed E-state index contributed by atoms with van der Waals surface area (Å²) in [5, 5.41) is 8.71. The lowest BCUT2D eigenvalue weighted by molar-refractivity contribution is 0.754. The Balaban J connectivity index is 2.57. The predicted molar refractivity (Wildman–Crippen MR) is 55.8 cm³/mol. The number of hydrogen-bond donors (Lipinski definition) is 1. The molecule has 1 heterocycles. The van der Waals surface area contributed by atoms with Crippen molar-refractivity contribution in [2.24, 2.45) is 0 Å². The maximum atomic E-state index is 5.96. The summed E-state index contributed by atoms with van der Waals surface area (Å²) in [7, 11) is 0. The van der Waals surface area contributed by atoms with Gasteiger partial charge in [0, 0.05) is 0 Å². The molecule has 0 aliphatic carbocycles. The quantitative estimate of drug-likeness (QED) is 0.814. The number of rotatable bonds is 1. The third-order valence-electron chi connectivity index (χ3n) is 1.66. The van der Waals surface area contributed by atoms with Gasteiger partial charge in [0.1, 0.15) is 5.69 Å². The summed E-state index contributed by atoms with van der Waals surface area (Å²) in [6.45, 7) is 0. The van der Waals surface area contributed by atoms with Gasteiger partial charge in [-0.3, -0.25) is 0 Å². The first-order valence-corrected chi connectivity index (χ1v) is 4.56. The van der Waals surface area contributed by atoms with Crippen LogP contribution < -0.4 is 5.73 Å². The molecule has 2 rings (SSSR count). The van der Waals surface area contributed by atoms with Gasteiger partial charge in [-0.1, -0.05) is 29.3 Å². The van der Waals surface area contributed by atoms with Gasteiger partial charge in [-0.25, -0.2) is 0 Å². The summed E-state index contributed by atoms with van der Waals surface area (Å²) in [6, 6.07) is 5.22. The largest absolute Gasteiger partial charge is 0.381 e. The van der Waals surface area contributed by atoms with E-state index in [2.05, 4.69) is 10.2 Å². The number of nitrogens with zero attached hydrogens (tertiary/aromatic N) is 3. The van der Waals surface area contributed by atoms with Gasteiger partial charge in [0.2, 0.25) is 0 Å². The average molecular weight is 229 g/mol. The molecule has 2 aromatic rings. The van der Waals surface area contributed by atoms with Crippen LogP contribution >= 0.6 is 23.2 Å². The van der Waals surface area contributed by atoms with E-state index in [1.165, 1.54) is 11.0 Å². The molecule has 72 valence electrons. The molecule has 2 N–H and O–H groups in total. The van der Waals surface area contributed by atoms with Gasteiger partial charge in [-0.15, -0.1) is 9.90 Å². The second-order valence-electron chi connectivity index (χ2n) is 2.63. The minimum Gasteiger partial charge on any atom is -0.381 e. The van der Waals surface area contributed by atoms with E-state index in [4.69, 9.17) is 28.9 Å². The van der Waals surface area contributed by atoms with Gasteiger partial charge in [-0.2, -0.15) is 5.10 Å². The highest BCUT2D eigenvalue weighted by molar-refractivity contribution is 6.43. The first kappa shape index (κ1) is 9.30. The van der Waals surface area contributed by atoms with Gasteiger partial charge in [0.05, 0.1) is 16.2 Å². The highest BCUT2D eigenvalue weighted by Crippen LogP contribution is 2.27. The maximum Gasteiger partial charge on any atom is 0.166 e. The van der Waals surface area contributed by atoms with Crippen molar-refractivity contribution < 1.29 is 0 Å². The predicted octanol–water partition coefficient (Wildman–Crippen LogP) is 2.16. The fourth-order valence-electron chi connectivity index (χ4n) is 1.04. The third kappa shape index (κ3) is 1.54. The number of nitrogens with two attached hydrogens (primary N) is 1. The highest BCUT2D eigenvalue weighted by atomic mass is 35.5. The molecule has 0 unspecified atom stereocenters. The molecule has 0 amide bonds. The monoisotopic (exact) mass is 228 g/mol. The summed E-state index contributed by atoms with van der Waals surface area (Å²) in [6.07, 6.45) is 1.44. The minimum absolute atomic E-state index is 0.334. The Morgan fingerprint density at radius 3 is 2.71 bits per heavy atom. The minimum atomic E-state index is 0.334. The fraction of sp³-hybridized carbons (Fsp3) is 0. The molecule has 0 radical (unpaired) electrons. The van der Waals surface area contributed by atoms with Crippen molar-refractivity contribution in [2.75, 3.05) is 5.73 Å². The first-order valence-electron chi connectivity index (χ1n) is 3.80. The number of benzene rings is 1. The van der Waals surface area contributed by atoms with Crippen LogP contribution in [-0.4, -0.2) is 15.0 Å². The molecule has 0 saturated heterocycles. The van der Waals surface area contributed by atoms with E-state index in [1.807, 2.05) is 0 Å². The Morgan fingerprint density at radius 1 is 1.29 bits per heavy atom. The standard InChI is InChI=1S/C8H6Cl2N4/c9-5-2-1-3-6(8(5)10)14-12-4-7(11)13-14/h1-4H,(H2,11,13). The van der Waals surface area contributed by atoms with Crippen LogP contribution in [0.15, 0.2) is 24.4 Å². The van der Waals surface area contributed by atoms with Gasteiger partial charge < -0.3 is 5.73 Å². The van der Waals surface area contributed by atoms with E-state index >= 15 is 0 Å². The zero-order valence-corrected chi connectivity index (χ0v) is 8.50. The van der Waals surface area contributed by atoms with Crippen LogP contribution in [0.4, 0.5) is 5.82 Å². The van der Waals surface area contributed by atoms with E-state index in [0.717, 1.165) is 0 Å². The normalized spacial score (nSPS) is 10.4. The van der Waals surface area contributed by atoms with E-state index in [0.29, 0.717) is 21.6 Å². The smallest absolute Gasteiger partial charge is 0.166 e. The maximum absolute atomic E-state index is 5.96. The zero-order chi connectivity index (χ0) is 10.1. The molecule has 0 atom stereocenters. The molecule has 0 spiro atoms. The van der Waals surface area contributed by atoms with Gasteiger partial charge in [-0.05, 0) is 12.1 Å². The van der Waals surface area contributed by atoms with Crippen molar-refractivity contribution in [2.45, 2.75) is 0 Å². The molecule has 0 aliphatic heterocycles. The van der Waals surface area contributed by atoms with Crippen LogP contribution in [0.5, 0.6) is 0 Å². The number of anilines is 1. The van der Waals surface area contributed by atoms with Gasteiger partial charge >= 0.3 is 0 Å². The molecule has 1 aromatic heterocycles. The van der Waals surface area contributed by atoms with Gasteiger partial charge in [0.25, 0.3) is 0 Å². The van der Waals surface area contributed by atoms with Crippen LogP contribution in [-0.2, 0) is 0 Å². The summed E-state index contributed by atoms with van der Waals surface area (Å²) in [4.78, 5) is 1.34. The fourth-order valence-corrected chi connectivity index (χ4v) is 1.41. The van der Waals surface area contributed by atoms with Crippen LogP contribution in [0, 0.1) is 0 Å². The number of hydrogen-bond acceptors (Lipinski definition) is 3. The Morgan fingerprint density at radius 2 is 2.07 bits per heavy atom. The molecule has 0 fully saturated rings. The van der Waals surface area contributed by atoms with Crippen LogP contribution in [0.2, 0.25) is 10.0 Å². The molecular weight excluding hydrogens is 223 g/mol. The highest BCUT2D eigenvalue weighted by Gasteiger charge is 2.07. The van der Waals surface area contributed by atoms with Crippen molar-refractivity contribution in [1.29, 1.82) is 0 Å². The van der Waals surface area contributed by atoms with Crippen LogP contribution in [0.1, 0.15) is 0 Å². The van der Waals surface area contributed by atoms with E-state index in [-0.39, 0.29) is 0 Å². The molecule has 6 heteroatoms. The molecule has 0 bridgehead atoms. The number of halogens is 2. The first-order chi connectivity index (χ1) is 6.68. The second-order valence-corrected chi connectivity index (χ2v) is 3.42. The number of aromatic nitrogens is 3. The topological polar surface area (TPSA) is 56.7 Å². The van der Waals surface area contributed by atoms with Crippen LogP contribution in [0.25, 0.3) is 5.69 Å². The zero-order valence-electron chi connectivity index (χ0n) is 6.98. The molecule has 14 heavy (non-hydrogen) atoms. The lowest BCUT2D eigenvalue weighted by atomic mass is 10.3. The summed E-state index contributed by atoms with van der Waals surface area (Å²) in [5.74, 6) is 0.334. The van der Waals surface area contributed by atoms with Crippen LogP contribution in [0.3, 0.4) is 0 Å². The summed E-state index contributed by atoms with van der Waals surface area (Å²) in [5.41, 5.74) is 6.04. The lowest BCUT2D eigenvalue weighted by Crippen LogP contribution is -2.00. The molecule has 0 aliphatic rings. The van der Waals surface area contributed by atoms with Crippen molar-refractivity contribution in [1.82, 2.24) is 15.0 Å². The number of nitrogen functional groups attached to an aromatic ring is 1. The second kappa shape index (κ2) is 3.48. The van der Waals surface area contributed by atoms with Crippen molar-refractivity contribution >= 4 is 29.0 Å². The van der Waals surface area contributed by atoms with Crippen molar-refractivity contribution in [3.8, 4) is 5.69 Å². The van der Waals surface area contributed by atoms with Crippen molar-refractivity contribution in [3.05, 3.63) is 34.4 Å². The Kier molecular flexibility index (Phi) is 2.31. The molecule has 1 aromatic carbocycles. The molecule has 0 saturated carbocycles. The summed E-state index contributed by atoms with van der Waals surface area (Å²) < 4.78 is 0. The van der Waals surface area contributed by atoms with Crippen molar-refractivity contribution in [3.63, 3.8) is 0 Å². The van der Waals surface area contributed by atoms with E-state index in [9.17, 15) is 0 Å². The molecule has 4 nitrogen and oxygen atoms in total. The van der Waals surface area contributed by atoms with E-state index < -0.39 is 0 Å². The Hall–Kier alpha value is -1.26. The molecular formula is C8H6Cl2N4. The SMILES string of the molecule is Nc1cnn(-c2cccc(Cl)c2Cl)n1.